The molecule has 0 aliphatic heterocycles. The van der Waals surface area contributed by atoms with Crippen LogP contribution in [0.2, 0.25) is 5.15 Å². The van der Waals surface area contributed by atoms with Gasteiger partial charge in [0.15, 0.2) is 5.15 Å². The molecule has 5 heteroatoms. The first-order chi connectivity index (χ1) is 8.99. The predicted octanol–water partition coefficient (Wildman–Crippen LogP) is 4.06. The van der Waals surface area contributed by atoms with Gasteiger partial charge in [-0.05, 0) is 31.5 Å². The van der Waals surface area contributed by atoms with Gasteiger partial charge in [-0.3, -0.25) is 0 Å². The second-order valence-corrected chi connectivity index (χ2v) is 4.72. The molecule has 0 aliphatic carbocycles. The minimum atomic E-state index is -0.460. The number of aromatic hydroxyl groups is 1. The lowest BCUT2D eigenvalue weighted by atomic mass is 10.1. The Morgan fingerprint density at radius 1 is 1.37 bits per heavy atom. The number of anilines is 1. The molecule has 2 N–H and O–H groups in total. The number of aromatic nitrogens is 1. The van der Waals surface area contributed by atoms with Gasteiger partial charge < -0.3 is 10.4 Å². The highest BCUT2D eigenvalue weighted by Crippen LogP contribution is 2.29. The summed E-state index contributed by atoms with van der Waals surface area (Å²) in [4.78, 5) is 3.99. The van der Waals surface area contributed by atoms with Gasteiger partial charge in [-0.15, -0.1) is 0 Å². The normalized spacial score (nSPS) is 12.2. The lowest BCUT2D eigenvalue weighted by molar-refractivity contribution is 0.467. The average molecular weight is 281 g/mol. The third kappa shape index (κ3) is 2.96. The Bertz CT molecular complexity index is 584. The number of phenolic OH excluding ortho intramolecular Hbond substituents is 1. The number of nitrogens with zero attached hydrogens (tertiary/aromatic N) is 1. The largest absolute Gasteiger partial charge is 0.508 e. The molecule has 0 bridgehead atoms. The summed E-state index contributed by atoms with van der Waals surface area (Å²) in [6, 6.07) is 5.62. The number of phenols is 1. The van der Waals surface area contributed by atoms with Crippen LogP contribution in [-0.2, 0) is 0 Å². The van der Waals surface area contributed by atoms with Crippen LogP contribution in [-0.4, -0.2) is 10.1 Å². The van der Waals surface area contributed by atoms with E-state index in [1.54, 1.807) is 12.3 Å². The first-order valence-corrected chi connectivity index (χ1v) is 6.23. The molecular formula is C14H14ClFN2O. The second kappa shape index (κ2) is 5.45. The molecule has 1 atom stereocenters. The number of hydrogen-bond donors (Lipinski definition) is 2. The summed E-state index contributed by atoms with van der Waals surface area (Å²) < 4.78 is 13.8. The predicted molar refractivity (Wildman–Crippen MR) is 74.1 cm³/mol. The molecule has 1 aromatic heterocycles. The van der Waals surface area contributed by atoms with Crippen molar-refractivity contribution in [3.63, 3.8) is 0 Å². The Balaban J connectivity index is 2.28. The highest BCUT2D eigenvalue weighted by atomic mass is 35.5. The molecule has 1 heterocycles. The van der Waals surface area contributed by atoms with Gasteiger partial charge in [0.05, 0.1) is 11.7 Å². The number of halogens is 2. The molecule has 0 fully saturated rings. The monoisotopic (exact) mass is 280 g/mol. The molecule has 3 nitrogen and oxygen atoms in total. The molecule has 0 saturated heterocycles. The highest BCUT2D eigenvalue weighted by Gasteiger charge is 2.14. The van der Waals surface area contributed by atoms with Gasteiger partial charge >= 0.3 is 0 Å². The first kappa shape index (κ1) is 13.6. The van der Waals surface area contributed by atoms with Crippen molar-refractivity contribution in [3.05, 3.63) is 52.6 Å². The van der Waals surface area contributed by atoms with Crippen LogP contribution in [0, 0.1) is 12.7 Å². The van der Waals surface area contributed by atoms with E-state index in [9.17, 15) is 9.50 Å². The van der Waals surface area contributed by atoms with Crippen LogP contribution in [0.5, 0.6) is 5.75 Å². The smallest absolute Gasteiger partial charge is 0.152 e. The Kier molecular flexibility index (Phi) is 3.90. The van der Waals surface area contributed by atoms with Crippen LogP contribution < -0.4 is 5.32 Å². The molecule has 0 amide bonds. The molecule has 2 aromatic rings. The van der Waals surface area contributed by atoms with Gasteiger partial charge in [0.1, 0.15) is 11.6 Å². The molecule has 1 aromatic carbocycles. The third-order valence-electron chi connectivity index (χ3n) is 2.92. The maximum absolute atomic E-state index is 13.8. The Labute approximate surface area is 116 Å². The van der Waals surface area contributed by atoms with Crippen molar-refractivity contribution in [3.8, 4) is 5.75 Å². The molecule has 0 saturated carbocycles. The molecule has 0 aliphatic rings. The van der Waals surface area contributed by atoms with Crippen molar-refractivity contribution in [2.24, 2.45) is 0 Å². The van der Waals surface area contributed by atoms with Gasteiger partial charge in [0.2, 0.25) is 0 Å². The topological polar surface area (TPSA) is 45.2 Å². The fourth-order valence-electron chi connectivity index (χ4n) is 1.86. The number of hydrogen-bond acceptors (Lipinski definition) is 3. The summed E-state index contributed by atoms with van der Waals surface area (Å²) in [6.07, 6.45) is 1.62. The standard InChI is InChI=1S/C14H14ClFN2O/c1-8-5-6-17-14(15)13(8)18-9(2)11-4-3-10(19)7-12(11)16/h3-7,9,18-19H,1-2H3. The molecule has 100 valence electrons. The van der Waals surface area contributed by atoms with Gasteiger partial charge in [0, 0.05) is 17.8 Å². The van der Waals surface area contributed by atoms with Crippen LogP contribution in [0.15, 0.2) is 30.5 Å². The zero-order valence-corrected chi connectivity index (χ0v) is 11.4. The molecule has 2 rings (SSSR count). The Morgan fingerprint density at radius 2 is 2.11 bits per heavy atom. The quantitative estimate of drug-likeness (QED) is 0.834. The number of rotatable bonds is 3. The number of pyridine rings is 1. The third-order valence-corrected chi connectivity index (χ3v) is 3.21. The van der Waals surface area contributed by atoms with E-state index in [2.05, 4.69) is 10.3 Å². The maximum Gasteiger partial charge on any atom is 0.152 e. The average Bonchev–Trinajstić information content (AvgIpc) is 2.33. The zero-order chi connectivity index (χ0) is 14.0. The van der Waals surface area contributed by atoms with Crippen LogP contribution in [0.25, 0.3) is 0 Å². The van der Waals surface area contributed by atoms with Crippen LogP contribution in [0.3, 0.4) is 0 Å². The summed E-state index contributed by atoms with van der Waals surface area (Å²) in [5, 5.41) is 12.7. The van der Waals surface area contributed by atoms with Crippen LogP contribution in [0.1, 0.15) is 24.1 Å². The van der Waals surface area contributed by atoms with Crippen molar-refractivity contribution in [1.82, 2.24) is 4.98 Å². The van der Waals surface area contributed by atoms with Crippen molar-refractivity contribution in [1.29, 1.82) is 0 Å². The molecular weight excluding hydrogens is 267 g/mol. The van der Waals surface area contributed by atoms with E-state index in [1.165, 1.54) is 6.07 Å². The van der Waals surface area contributed by atoms with E-state index < -0.39 is 5.82 Å². The lowest BCUT2D eigenvalue weighted by Gasteiger charge is -2.18. The molecule has 0 spiro atoms. The summed E-state index contributed by atoms with van der Waals surface area (Å²) in [5.74, 6) is -0.554. The molecule has 19 heavy (non-hydrogen) atoms. The van der Waals surface area contributed by atoms with E-state index in [1.807, 2.05) is 19.9 Å². The van der Waals surface area contributed by atoms with E-state index in [4.69, 9.17) is 11.6 Å². The fraction of sp³-hybridized carbons (Fsp3) is 0.214. The van der Waals surface area contributed by atoms with E-state index >= 15 is 0 Å². The summed E-state index contributed by atoms with van der Waals surface area (Å²) >= 11 is 6.02. The first-order valence-electron chi connectivity index (χ1n) is 5.85. The molecule has 0 radical (unpaired) electrons. The summed E-state index contributed by atoms with van der Waals surface area (Å²) in [7, 11) is 0. The highest BCUT2D eigenvalue weighted by molar-refractivity contribution is 6.32. The van der Waals surface area contributed by atoms with Gasteiger partial charge in [0.25, 0.3) is 0 Å². The van der Waals surface area contributed by atoms with Crippen molar-refractivity contribution >= 4 is 17.3 Å². The zero-order valence-electron chi connectivity index (χ0n) is 10.6. The van der Waals surface area contributed by atoms with Gasteiger partial charge in [-0.1, -0.05) is 17.7 Å². The molecule has 1 unspecified atom stereocenters. The SMILES string of the molecule is Cc1ccnc(Cl)c1NC(C)c1ccc(O)cc1F. The number of aryl methyl sites for hydroxylation is 1. The minimum absolute atomic E-state index is 0.0935. The summed E-state index contributed by atoms with van der Waals surface area (Å²) in [6.45, 7) is 3.72. The fourth-order valence-corrected chi connectivity index (χ4v) is 2.12. The second-order valence-electron chi connectivity index (χ2n) is 4.37. The van der Waals surface area contributed by atoms with E-state index in [0.29, 0.717) is 16.4 Å². The van der Waals surface area contributed by atoms with Gasteiger partial charge in [-0.25, -0.2) is 9.37 Å². The van der Waals surface area contributed by atoms with Gasteiger partial charge in [-0.2, -0.15) is 0 Å². The Hall–Kier alpha value is -1.81. The van der Waals surface area contributed by atoms with E-state index in [-0.39, 0.29) is 11.8 Å². The number of nitrogens with one attached hydrogen (secondary N) is 1. The van der Waals surface area contributed by atoms with Crippen molar-refractivity contribution in [2.45, 2.75) is 19.9 Å². The maximum atomic E-state index is 13.8. The summed E-state index contributed by atoms with van der Waals surface area (Å²) in [5.41, 5.74) is 2.08. The van der Waals surface area contributed by atoms with Crippen molar-refractivity contribution in [2.75, 3.05) is 5.32 Å². The lowest BCUT2D eigenvalue weighted by Crippen LogP contribution is -2.10. The van der Waals surface area contributed by atoms with E-state index in [0.717, 1.165) is 11.6 Å². The number of benzene rings is 1. The van der Waals surface area contributed by atoms with Crippen molar-refractivity contribution < 1.29 is 9.50 Å². The minimum Gasteiger partial charge on any atom is -0.508 e. The van der Waals surface area contributed by atoms with Crippen LogP contribution >= 0.6 is 11.6 Å². The van der Waals surface area contributed by atoms with Crippen LogP contribution in [0.4, 0.5) is 10.1 Å². The Morgan fingerprint density at radius 3 is 2.74 bits per heavy atom.